The number of ether oxygens (including phenoxy) is 1. The molecule has 2 heteroatoms. The Morgan fingerprint density at radius 1 is 1.31 bits per heavy atom. The first-order chi connectivity index (χ1) is 7.86. The Morgan fingerprint density at radius 2 is 2.19 bits per heavy atom. The van der Waals surface area contributed by atoms with Crippen molar-refractivity contribution < 1.29 is 4.74 Å². The van der Waals surface area contributed by atoms with E-state index in [1.807, 2.05) is 0 Å². The summed E-state index contributed by atoms with van der Waals surface area (Å²) in [7, 11) is 2.22. The van der Waals surface area contributed by atoms with Gasteiger partial charge in [0.25, 0.3) is 0 Å². The molecule has 0 N–H and O–H groups in total. The fourth-order valence-corrected chi connectivity index (χ4v) is 3.06. The summed E-state index contributed by atoms with van der Waals surface area (Å²) in [6.07, 6.45) is 4.02. The smallest absolute Gasteiger partial charge is 0.0772 e. The molecule has 0 amide bonds. The van der Waals surface area contributed by atoms with Gasteiger partial charge in [-0.05, 0) is 37.4 Å². The molecule has 0 radical (unpaired) electrons. The van der Waals surface area contributed by atoms with Crippen LogP contribution < -0.4 is 0 Å². The molecule has 1 aromatic carbocycles. The van der Waals surface area contributed by atoms with Gasteiger partial charge in [-0.15, -0.1) is 0 Å². The van der Waals surface area contributed by atoms with E-state index < -0.39 is 0 Å². The second-order valence-corrected chi connectivity index (χ2v) is 4.93. The predicted molar refractivity (Wildman–Crippen MR) is 64.5 cm³/mol. The van der Waals surface area contributed by atoms with E-state index in [-0.39, 0.29) is 0 Å². The van der Waals surface area contributed by atoms with Crippen molar-refractivity contribution in [3.63, 3.8) is 0 Å². The monoisotopic (exact) mass is 217 g/mol. The van der Waals surface area contributed by atoms with Gasteiger partial charge >= 0.3 is 0 Å². The lowest BCUT2D eigenvalue weighted by Crippen LogP contribution is -2.38. The van der Waals surface area contributed by atoms with Crippen LogP contribution in [-0.2, 0) is 11.2 Å². The minimum atomic E-state index is 0.409. The molecule has 3 rings (SSSR count). The highest BCUT2D eigenvalue weighted by molar-refractivity contribution is 5.33. The van der Waals surface area contributed by atoms with Crippen LogP contribution in [0.4, 0.5) is 0 Å². The standard InChI is InChI=1S/C14H19NO/c1-15-9-8-11-5-2-3-6-12(11)14(15)13-7-4-10-16-13/h2-3,5-6,13-14H,4,7-10H2,1H3/t13?,14-/m0/s1. The van der Waals surface area contributed by atoms with Crippen LogP contribution in [0.1, 0.15) is 30.0 Å². The maximum Gasteiger partial charge on any atom is 0.0772 e. The van der Waals surface area contributed by atoms with Gasteiger partial charge in [-0.1, -0.05) is 24.3 Å². The minimum absolute atomic E-state index is 0.409. The van der Waals surface area contributed by atoms with Crippen LogP contribution in [0, 0.1) is 0 Å². The molecule has 1 unspecified atom stereocenters. The number of hydrogen-bond acceptors (Lipinski definition) is 2. The van der Waals surface area contributed by atoms with Gasteiger partial charge in [-0.2, -0.15) is 0 Å². The van der Waals surface area contributed by atoms with E-state index in [2.05, 4.69) is 36.2 Å². The molecular formula is C14H19NO. The summed E-state index contributed by atoms with van der Waals surface area (Å²) in [6.45, 7) is 2.10. The van der Waals surface area contributed by atoms with E-state index in [1.165, 1.54) is 30.4 Å². The van der Waals surface area contributed by atoms with Crippen molar-refractivity contribution in [2.45, 2.75) is 31.4 Å². The van der Waals surface area contributed by atoms with E-state index in [9.17, 15) is 0 Å². The van der Waals surface area contributed by atoms with Crippen molar-refractivity contribution in [3.05, 3.63) is 35.4 Å². The Bertz CT molecular complexity index is 371. The summed E-state index contributed by atoms with van der Waals surface area (Å²) in [5.74, 6) is 0. The first kappa shape index (κ1) is 10.3. The maximum absolute atomic E-state index is 5.88. The summed E-state index contributed by atoms with van der Waals surface area (Å²) in [5, 5.41) is 0. The quantitative estimate of drug-likeness (QED) is 0.716. The molecule has 1 saturated heterocycles. The largest absolute Gasteiger partial charge is 0.376 e. The lowest BCUT2D eigenvalue weighted by Gasteiger charge is -2.37. The average Bonchev–Trinajstić information content (AvgIpc) is 2.82. The zero-order valence-electron chi connectivity index (χ0n) is 9.86. The molecule has 2 atom stereocenters. The van der Waals surface area contributed by atoms with Crippen LogP contribution in [0.15, 0.2) is 24.3 Å². The van der Waals surface area contributed by atoms with Gasteiger partial charge in [0.15, 0.2) is 0 Å². The molecule has 0 spiro atoms. The predicted octanol–water partition coefficient (Wildman–Crippen LogP) is 2.39. The summed E-state index contributed by atoms with van der Waals surface area (Å²) < 4.78 is 5.88. The molecule has 2 aliphatic rings. The fourth-order valence-electron chi connectivity index (χ4n) is 3.06. The summed E-state index contributed by atoms with van der Waals surface area (Å²) in [4.78, 5) is 2.46. The van der Waals surface area contributed by atoms with Crippen LogP contribution in [0.25, 0.3) is 0 Å². The number of hydrogen-bond donors (Lipinski definition) is 0. The van der Waals surface area contributed by atoms with Crippen LogP contribution in [0.3, 0.4) is 0 Å². The molecule has 2 heterocycles. The van der Waals surface area contributed by atoms with E-state index in [4.69, 9.17) is 4.74 Å². The summed E-state index contributed by atoms with van der Waals surface area (Å²) >= 11 is 0. The van der Waals surface area contributed by atoms with E-state index in [0.717, 1.165) is 13.2 Å². The highest BCUT2D eigenvalue weighted by atomic mass is 16.5. The third-order valence-corrected chi connectivity index (χ3v) is 3.90. The van der Waals surface area contributed by atoms with Gasteiger partial charge in [-0.25, -0.2) is 0 Å². The van der Waals surface area contributed by atoms with Gasteiger partial charge in [0.1, 0.15) is 0 Å². The maximum atomic E-state index is 5.88. The van der Waals surface area contributed by atoms with Crippen molar-refractivity contribution in [1.82, 2.24) is 4.90 Å². The lowest BCUT2D eigenvalue weighted by atomic mass is 9.89. The SMILES string of the molecule is CN1CCc2ccccc2[C@H]1C1CCCO1. The zero-order valence-corrected chi connectivity index (χ0v) is 9.86. The molecule has 2 aliphatic heterocycles. The van der Waals surface area contributed by atoms with Crippen molar-refractivity contribution in [2.75, 3.05) is 20.2 Å². The topological polar surface area (TPSA) is 12.5 Å². The molecule has 0 aliphatic carbocycles. The average molecular weight is 217 g/mol. The van der Waals surface area contributed by atoms with Gasteiger partial charge in [0, 0.05) is 13.2 Å². The highest BCUT2D eigenvalue weighted by Crippen LogP contribution is 2.35. The van der Waals surface area contributed by atoms with Crippen LogP contribution in [0.5, 0.6) is 0 Å². The van der Waals surface area contributed by atoms with Crippen molar-refractivity contribution >= 4 is 0 Å². The van der Waals surface area contributed by atoms with Gasteiger partial charge in [-0.3, -0.25) is 4.90 Å². The Morgan fingerprint density at radius 3 is 3.00 bits per heavy atom. The van der Waals surface area contributed by atoms with Gasteiger partial charge in [0.05, 0.1) is 12.1 Å². The van der Waals surface area contributed by atoms with E-state index in [0.29, 0.717) is 12.1 Å². The van der Waals surface area contributed by atoms with Gasteiger partial charge < -0.3 is 4.74 Å². The van der Waals surface area contributed by atoms with Crippen LogP contribution in [-0.4, -0.2) is 31.2 Å². The molecule has 0 bridgehead atoms. The zero-order chi connectivity index (χ0) is 11.0. The number of likely N-dealkylation sites (N-methyl/N-ethyl adjacent to an activating group) is 1. The first-order valence-electron chi connectivity index (χ1n) is 6.26. The number of benzene rings is 1. The molecular weight excluding hydrogens is 198 g/mol. The van der Waals surface area contributed by atoms with Gasteiger partial charge in [0.2, 0.25) is 0 Å². The molecule has 1 aromatic rings. The number of nitrogens with zero attached hydrogens (tertiary/aromatic N) is 1. The molecule has 2 nitrogen and oxygen atoms in total. The van der Waals surface area contributed by atoms with Crippen molar-refractivity contribution in [1.29, 1.82) is 0 Å². The Balaban J connectivity index is 1.96. The van der Waals surface area contributed by atoms with Crippen molar-refractivity contribution in [2.24, 2.45) is 0 Å². The second kappa shape index (κ2) is 4.19. The molecule has 0 aromatic heterocycles. The second-order valence-electron chi connectivity index (χ2n) is 4.93. The molecule has 0 saturated carbocycles. The van der Waals surface area contributed by atoms with E-state index in [1.54, 1.807) is 0 Å². The van der Waals surface area contributed by atoms with Crippen molar-refractivity contribution in [3.8, 4) is 0 Å². The lowest BCUT2D eigenvalue weighted by molar-refractivity contribution is 0.0287. The summed E-state index contributed by atoms with van der Waals surface area (Å²) in [6, 6.07) is 9.32. The third-order valence-electron chi connectivity index (χ3n) is 3.90. The number of fused-ring (bicyclic) bond motifs is 1. The molecule has 1 fully saturated rings. The van der Waals surface area contributed by atoms with Crippen LogP contribution in [0.2, 0.25) is 0 Å². The Kier molecular flexibility index (Phi) is 2.70. The summed E-state index contributed by atoms with van der Waals surface area (Å²) in [5.41, 5.74) is 3.00. The minimum Gasteiger partial charge on any atom is -0.376 e. The normalized spacial score (nSPS) is 30.3. The Hall–Kier alpha value is -0.860. The fraction of sp³-hybridized carbons (Fsp3) is 0.571. The van der Waals surface area contributed by atoms with E-state index >= 15 is 0 Å². The van der Waals surface area contributed by atoms with Crippen LogP contribution >= 0.6 is 0 Å². The number of rotatable bonds is 1. The third kappa shape index (κ3) is 1.66. The molecule has 86 valence electrons. The first-order valence-corrected chi connectivity index (χ1v) is 6.26. The molecule has 16 heavy (non-hydrogen) atoms. The highest BCUT2D eigenvalue weighted by Gasteiger charge is 2.33. The Labute approximate surface area is 97.2 Å².